The van der Waals surface area contributed by atoms with E-state index in [2.05, 4.69) is 34.3 Å². The monoisotopic (exact) mass is 392 g/mol. The van der Waals surface area contributed by atoms with Crippen molar-refractivity contribution >= 4 is 5.78 Å². The maximum absolute atomic E-state index is 13.9. The predicted octanol–water partition coefficient (Wildman–Crippen LogP) is 5.01. The summed E-state index contributed by atoms with van der Waals surface area (Å²) in [4.78, 5) is 13.9. The van der Waals surface area contributed by atoms with E-state index < -0.39 is 5.41 Å². The smallest absolute Gasteiger partial charge is 0.146 e. The van der Waals surface area contributed by atoms with Crippen LogP contribution in [0.3, 0.4) is 0 Å². The normalized spacial score (nSPS) is 48.6. The zero-order valence-electron chi connectivity index (χ0n) is 18.8. The molecule has 3 fully saturated rings. The number of methoxy groups -OCH3 is 2. The summed E-state index contributed by atoms with van der Waals surface area (Å²) in [7, 11) is 3.51. The van der Waals surface area contributed by atoms with E-state index in [0.29, 0.717) is 24.0 Å². The number of carbonyl (C=O) groups excluding carboxylic acids is 1. The standard InChI is InChI=1S/C24H40O4/c1-8-11-22(4)14-19(28-15-26-6)23(5)16(2)9-12-24(17(3)21(22)25)13-10-18(27-7)20(23)24/h8,16-20H,1,9-15H2,2-7H3/t16-,17+,18?,19?,20?,22-,23+,24?/m1/s1. The van der Waals surface area contributed by atoms with Crippen molar-refractivity contribution in [3.05, 3.63) is 12.7 Å². The largest absolute Gasteiger partial charge is 0.381 e. The molecule has 4 nitrogen and oxygen atoms in total. The number of Topliss-reactive ketones (excluding diaryl/α,β-unsaturated/α-hetero) is 1. The molecule has 0 heterocycles. The average Bonchev–Trinajstić information content (AvgIpc) is 3.07. The summed E-state index contributed by atoms with van der Waals surface area (Å²) < 4.78 is 17.7. The van der Waals surface area contributed by atoms with E-state index in [1.807, 2.05) is 13.2 Å². The van der Waals surface area contributed by atoms with Crippen molar-refractivity contribution in [1.29, 1.82) is 0 Å². The van der Waals surface area contributed by atoms with E-state index in [0.717, 1.165) is 32.1 Å². The van der Waals surface area contributed by atoms with E-state index in [4.69, 9.17) is 14.2 Å². The second-order valence-electron chi connectivity index (χ2n) is 10.2. The Hall–Kier alpha value is -0.710. The van der Waals surface area contributed by atoms with Crippen molar-refractivity contribution in [2.24, 2.45) is 34.0 Å². The van der Waals surface area contributed by atoms with Gasteiger partial charge >= 0.3 is 0 Å². The SMILES string of the molecule is C=CC[C@]1(C)CC(OCOC)[C@@]2(C)C3C(OC)CCC3(CC[C@H]2C)[C@@H](C)C1=O. The van der Waals surface area contributed by atoms with Crippen molar-refractivity contribution < 1.29 is 19.0 Å². The van der Waals surface area contributed by atoms with Gasteiger partial charge in [0.15, 0.2) is 0 Å². The fourth-order valence-corrected chi connectivity index (χ4v) is 7.39. The molecule has 4 unspecified atom stereocenters. The highest BCUT2D eigenvalue weighted by Crippen LogP contribution is 2.68. The van der Waals surface area contributed by atoms with Crippen molar-refractivity contribution in [1.82, 2.24) is 0 Å². The van der Waals surface area contributed by atoms with E-state index >= 15 is 0 Å². The molecule has 0 aromatic carbocycles. The first kappa shape index (κ1) is 22.0. The maximum Gasteiger partial charge on any atom is 0.146 e. The number of hydrogen-bond acceptors (Lipinski definition) is 4. The molecule has 0 saturated heterocycles. The molecule has 0 aromatic rings. The summed E-state index contributed by atoms with van der Waals surface area (Å²) >= 11 is 0. The fourth-order valence-electron chi connectivity index (χ4n) is 7.39. The maximum atomic E-state index is 13.9. The van der Waals surface area contributed by atoms with Gasteiger partial charge in [0.2, 0.25) is 0 Å². The van der Waals surface area contributed by atoms with E-state index in [1.165, 1.54) is 0 Å². The third kappa shape index (κ3) is 3.02. The molecule has 0 aliphatic heterocycles. The van der Waals surface area contributed by atoms with Crippen LogP contribution in [-0.2, 0) is 19.0 Å². The molecular weight excluding hydrogens is 352 g/mol. The van der Waals surface area contributed by atoms with Crippen LogP contribution in [0.2, 0.25) is 0 Å². The molecule has 8 atom stereocenters. The molecule has 0 spiro atoms. The Morgan fingerprint density at radius 1 is 1.18 bits per heavy atom. The van der Waals surface area contributed by atoms with Crippen LogP contribution in [0.15, 0.2) is 12.7 Å². The summed E-state index contributed by atoms with van der Waals surface area (Å²) in [5.74, 6) is 1.27. The zero-order chi connectivity index (χ0) is 20.7. The first-order chi connectivity index (χ1) is 13.2. The molecule has 3 aliphatic carbocycles. The topological polar surface area (TPSA) is 44.8 Å². The minimum absolute atomic E-state index is 0.0105. The van der Waals surface area contributed by atoms with Crippen LogP contribution in [0.1, 0.15) is 66.2 Å². The minimum Gasteiger partial charge on any atom is -0.381 e. The first-order valence-corrected chi connectivity index (χ1v) is 11.0. The van der Waals surface area contributed by atoms with E-state index in [9.17, 15) is 4.79 Å². The summed E-state index contributed by atoms with van der Waals surface area (Å²) in [6.45, 7) is 13.3. The highest BCUT2D eigenvalue weighted by molar-refractivity contribution is 5.87. The molecule has 3 saturated carbocycles. The number of carbonyl (C=O) groups is 1. The highest BCUT2D eigenvalue weighted by atomic mass is 16.7. The lowest BCUT2D eigenvalue weighted by atomic mass is 9.44. The third-order valence-electron chi connectivity index (χ3n) is 9.13. The number of allylic oxidation sites excluding steroid dienone is 1. The van der Waals surface area contributed by atoms with Gasteiger partial charge in [-0.05, 0) is 55.8 Å². The van der Waals surface area contributed by atoms with Crippen LogP contribution in [0.5, 0.6) is 0 Å². The average molecular weight is 393 g/mol. The highest BCUT2D eigenvalue weighted by Gasteiger charge is 2.68. The fraction of sp³-hybridized carbons (Fsp3) is 0.875. The summed E-state index contributed by atoms with van der Waals surface area (Å²) in [6.07, 6.45) is 7.85. The van der Waals surface area contributed by atoms with Crippen molar-refractivity contribution in [3.63, 3.8) is 0 Å². The number of ether oxygens (including phenoxy) is 3. The molecule has 160 valence electrons. The Bertz CT molecular complexity index is 603. The Labute approximate surface area is 171 Å². The van der Waals surface area contributed by atoms with E-state index in [1.54, 1.807) is 7.11 Å². The number of ketones is 1. The van der Waals surface area contributed by atoms with Crippen LogP contribution in [0.25, 0.3) is 0 Å². The minimum atomic E-state index is -0.443. The lowest BCUT2D eigenvalue weighted by Crippen LogP contribution is -2.62. The van der Waals surface area contributed by atoms with Gasteiger partial charge in [0, 0.05) is 31.0 Å². The van der Waals surface area contributed by atoms with Gasteiger partial charge in [-0.15, -0.1) is 6.58 Å². The molecule has 0 radical (unpaired) electrons. The van der Waals surface area contributed by atoms with Gasteiger partial charge in [-0.3, -0.25) is 4.79 Å². The lowest BCUT2D eigenvalue weighted by molar-refractivity contribution is -0.219. The van der Waals surface area contributed by atoms with Gasteiger partial charge in [0.1, 0.15) is 12.6 Å². The Morgan fingerprint density at radius 2 is 1.86 bits per heavy atom. The second kappa shape index (κ2) is 7.85. The summed E-state index contributed by atoms with van der Waals surface area (Å²) in [6, 6.07) is 0. The Balaban J connectivity index is 2.18. The van der Waals surface area contributed by atoms with Gasteiger partial charge in [-0.2, -0.15) is 0 Å². The molecular formula is C24H40O4. The molecule has 3 rings (SSSR count). The number of rotatable bonds is 6. The van der Waals surface area contributed by atoms with Crippen LogP contribution >= 0.6 is 0 Å². The Kier molecular flexibility index (Phi) is 6.16. The van der Waals surface area contributed by atoms with Gasteiger partial charge in [-0.25, -0.2) is 0 Å². The molecule has 4 heteroatoms. The predicted molar refractivity (Wildman–Crippen MR) is 111 cm³/mol. The van der Waals surface area contributed by atoms with Crippen molar-refractivity contribution in [3.8, 4) is 0 Å². The molecule has 0 amide bonds. The summed E-state index contributed by atoms with van der Waals surface area (Å²) in [5.41, 5.74) is -0.483. The molecule has 0 N–H and O–H groups in total. The zero-order valence-corrected chi connectivity index (χ0v) is 18.8. The van der Waals surface area contributed by atoms with Crippen LogP contribution in [-0.4, -0.2) is 39.0 Å². The molecule has 3 aliphatic rings. The first-order valence-electron chi connectivity index (χ1n) is 11.0. The van der Waals surface area contributed by atoms with E-state index in [-0.39, 0.29) is 35.7 Å². The van der Waals surface area contributed by atoms with Gasteiger partial charge in [0.05, 0.1) is 12.2 Å². The quantitative estimate of drug-likeness (QED) is 0.470. The van der Waals surface area contributed by atoms with Crippen molar-refractivity contribution in [2.45, 2.75) is 78.4 Å². The molecule has 28 heavy (non-hydrogen) atoms. The third-order valence-corrected chi connectivity index (χ3v) is 9.13. The second-order valence-corrected chi connectivity index (χ2v) is 10.2. The number of hydrogen-bond donors (Lipinski definition) is 0. The molecule has 2 bridgehead atoms. The Morgan fingerprint density at radius 3 is 2.46 bits per heavy atom. The van der Waals surface area contributed by atoms with Crippen LogP contribution in [0, 0.1) is 34.0 Å². The van der Waals surface area contributed by atoms with Crippen LogP contribution < -0.4 is 0 Å². The van der Waals surface area contributed by atoms with Gasteiger partial charge in [-0.1, -0.05) is 33.8 Å². The van der Waals surface area contributed by atoms with Crippen molar-refractivity contribution in [2.75, 3.05) is 21.0 Å². The van der Waals surface area contributed by atoms with Gasteiger partial charge < -0.3 is 14.2 Å². The van der Waals surface area contributed by atoms with Gasteiger partial charge in [0.25, 0.3) is 0 Å². The lowest BCUT2D eigenvalue weighted by Gasteiger charge is -2.62. The van der Waals surface area contributed by atoms with Crippen LogP contribution in [0.4, 0.5) is 0 Å². The molecule has 0 aromatic heterocycles. The summed E-state index contributed by atoms with van der Waals surface area (Å²) in [5, 5.41) is 0.